The summed E-state index contributed by atoms with van der Waals surface area (Å²) in [6.45, 7) is 15.2. The predicted molar refractivity (Wildman–Crippen MR) is 140 cm³/mol. The molecule has 0 saturated carbocycles. The second kappa shape index (κ2) is 9.58. The van der Waals surface area contributed by atoms with E-state index in [0.717, 1.165) is 37.6 Å². The van der Waals surface area contributed by atoms with E-state index >= 15 is 0 Å². The number of halogens is 1. The average molecular weight is 447 g/mol. The molecule has 3 aromatic carbocycles. The van der Waals surface area contributed by atoms with Gasteiger partial charge in [0.05, 0.1) is 0 Å². The second-order valence-electron chi connectivity index (χ2n) is 8.72. The summed E-state index contributed by atoms with van der Waals surface area (Å²) in [5, 5.41) is 0.802. The number of hydrogen-bond acceptors (Lipinski definition) is 2. The Bertz CT molecular complexity index is 1030. The molecule has 32 heavy (non-hydrogen) atoms. The molecule has 3 aromatic rings. The van der Waals surface area contributed by atoms with Crippen molar-refractivity contribution < 1.29 is 0 Å². The third-order valence-corrected chi connectivity index (χ3v) is 7.29. The van der Waals surface area contributed by atoms with Gasteiger partial charge in [-0.3, -0.25) is 0 Å². The minimum atomic E-state index is 0.238. The fraction of sp³-hybridized carbons (Fsp3) is 0.379. The van der Waals surface area contributed by atoms with Crippen LogP contribution in [0.3, 0.4) is 0 Å². The van der Waals surface area contributed by atoms with Gasteiger partial charge in [0.15, 0.2) is 0 Å². The van der Waals surface area contributed by atoms with Gasteiger partial charge in [-0.15, -0.1) is 0 Å². The number of hydrogen-bond donors (Lipinski definition) is 0. The van der Waals surface area contributed by atoms with Crippen molar-refractivity contribution in [3.8, 4) is 0 Å². The maximum absolute atomic E-state index is 6.32. The summed E-state index contributed by atoms with van der Waals surface area (Å²) >= 11 is 6.32. The number of fused-ring (bicyclic) bond motifs is 2. The van der Waals surface area contributed by atoms with Gasteiger partial charge in [-0.05, 0) is 111 Å². The summed E-state index contributed by atoms with van der Waals surface area (Å²) in [7, 11) is 0. The first-order chi connectivity index (χ1) is 15.5. The van der Waals surface area contributed by atoms with Gasteiger partial charge in [0, 0.05) is 48.5 Å². The molecule has 0 aliphatic heterocycles. The molecule has 4 rings (SSSR count). The molecule has 0 unspecified atom stereocenters. The van der Waals surface area contributed by atoms with Crippen LogP contribution in [-0.4, -0.2) is 26.2 Å². The molecule has 0 N–H and O–H groups in total. The quantitative estimate of drug-likeness (QED) is 0.291. The van der Waals surface area contributed by atoms with Crippen LogP contribution in [0.15, 0.2) is 54.6 Å². The summed E-state index contributed by atoms with van der Waals surface area (Å²) < 4.78 is 0. The van der Waals surface area contributed by atoms with E-state index in [1.807, 2.05) is 6.07 Å². The highest BCUT2D eigenvalue weighted by atomic mass is 35.5. The van der Waals surface area contributed by atoms with Crippen LogP contribution >= 0.6 is 11.6 Å². The molecule has 0 radical (unpaired) electrons. The first-order valence-corrected chi connectivity index (χ1v) is 12.4. The number of benzene rings is 3. The van der Waals surface area contributed by atoms with Crippen LogP contribution in [0.25, 0.3) is 0 Å². The zero-order chi connectivity index (χ0) is 22.8. The molecular formula is C29H35ClN2. The fourth-order valence-corrected chi connectivity index (χ4v) is 5.52. The molecule has 0 heterocycles. The molecule has 0 saturated heterocycles. The van der Waals surface area contributed by atoms with Crippen LogP contribution in [0.2, 0.25) is 5.02 Å². The van der Waals surface area contributed by atoms with Gasteiger partial charge in [-0.25, -0.2) is 0 Å². The van der Waals surface area contributed by atoms with Crippen molar-refractivity contribution in [3.05, 3.63) is 93.0 Å². The fourth-order valence-electron chi connectivity index (χ4n) is 5.30. The van der Waals surface area contributed by atoms with Gasteiger partial charge in [-0.1, -0.05) is 29.8 Å². The number of nitrogens with zero attached hydrogens (tertiary/aromatic N) is 2. The Kier molecular flexibility index (Phi) is 6.81. The number of aryl methyl sites for hydroxylation is 1. The van der Waals surface area contributed by atoms with Crippen LogP contribution in [0.5, 0.6) is 0 Å². The second-order valence-corrected chi connectivity index (χ2v) is 9.16. The normalized spacial score (nSPS) is 12.9. The SMILES string of the molecule is CCN(CC)c1ccc2c(c1)Cc1cc(N(CC)CC)ccc1C2c1ccc(Cl)cc1C. The summed E-state index contributed by atoms with van der Waals surface area (Å²) in [4.78, 5) is 4.87. The zero-order valence-electron chi connectivity index (χ0n) is 20.1. The van der Waals surface area contributed by atoms with Gasteiger partial charge in [0.2, 0.25) is 0 Å². The van der Waals surface area contributed by atoms with E-state index in [0.29, 0.717) is 0 Å². The first-order valence-electron chi connectivity index (χ1n) is 12.0. The average Bonchev–Trinajstić information content (AvgIpc) is 2.79. The van der Waals surface area contributed by atoms with Crippen molar-refractivity contribution in [1.82, 2.24) is 0 Å². The van der Waals surface area contributed by atoms with Crippen LogP contribution in [0.1, 0.15) is 67.0 Å². The monoisotopic (exact) mass is 446 g/mol. The molecule has 3 heteroatoms. The van der Waals surface area contributed by atoms with Gasteiger partial charge in [-0.2, -0.15) is 0 Å². The highest BCUT2D eigenvalue weighted by molar-refractivity contribution is 6.30. The molecule has 1 aliphatic carbocycles. The Morgan fingerprint density at radius 3 is 1.59 bits per heavy atom. The third kappa shape index (κ3) is 4.13. The zero-order valence-corrected chi connectivity index (χ0v) is 20.8. The molecule has 0 fully saturated rings. The molecule has 0 bridgehead atoms. The molecular weight excluding hydrogens is 412 g/mol. The Balaban J connectivity index is 1.89. The van der Waals surface area contributed by atoms with Crippen molar-refractivity contribution in [2.45, 2.75) is 47.0 Å². The lowest BCUT2D eigenvalue weighted by molar-refractivity contribution is 0.841. The third-order valence-electron chi connectivity index (χ3n) is 7.06. The summed E-state index contributed by atoms with van der Waals surface area (Å²) in [6.07, 6.45) is 0.984. The highest BCUT2D eigenvalue weighted by Crippen LogP contribution is 2.44. The molecule has 2 nitrogen and oxygen atoms in total. The van der Waals surface area contributed by atoms with Crippen molar-refractivity contribution in [2.75, 3.05) is 36.0 Å². The summed E-state index contributed by atoms with van der Waals surface area (Å²) in [5.74, 6) is 0.238. The van der Waals surface area contributed by atoms with Gasteiger partial charge in [0.1, 0.15) is 0 Å². The van der Waals surface area contributed by atoms with Crippen molar-refractivity contribution in [1.29, 1.82) is 0 Å². The Labute approximate surface area is 198 Å². The Hall–Kier alpha value is -2.45. The topological polar surface area (TPSA) is 6.48 Å². The van der Waals surface area contributed by atoms with Crippen molar-refractivity contribution in [3.63, 3.8) is 0 Å². The lowest BCUT2D eigenvalue weighted by Crippen LogP contribution is -2.24. The largest absolute Gasteiger partial charge is 0.372 e. The Morgan fingerprint density at radius 1 is 0.688 bits per heavy atom. The summed E-state index contributed by atoms with van der Waals surface area (Å²) in [5.41, 5.74) is 11.0. The van der Waals surface area contributed by atoms with Gasteiger partial charge < -0.3 is 9.80 Å². The maximum atomic E-state index is 6.32. The van der Waals surface area contributed by atoms with E-state index in [1.165, 1.54) is 44.8 Å². The minimum Gasteiger partial charge on any atom is -0.372 e. The molecule has 168 valence electrons. The van der Waals surface area contributed by atoms with E-state index in [-0.39, 0.29) is 5.92 Å². The van der Waals surface area contributed by atoms with Crippen LogP contribution in [0, 0.1) is 6.92 Å². The maximum Gasteiger partial charge on any atom is 0.0408 e. The standard InChI is InChI=1S/C29H35ClN2/c1-6-31(7-2)24-11-14-27-21(18-24)17-22-19-25(32(8-3)9-4)12-15-28(22)29(27)26-13-10-23(30)16-20(26)5/h10-16,18-19,29H,6-9,17H2,1-5H3. The summed E-state index contributed by atoms with van der Waals surface area (Å²) in [6, 6.07) is 20.5. The number of rotatable bonds is 7. The van der Waals surface area contributed by atoms with Gasteiger partial charge >= 0.3 is 0 Å². The van der Waals surface area contributed by atoms with Crippen LogP contribution in [0.4, 0.5) is 11.4 Å². The van der Waals surface area contributed by atoms with E-state index in [9.17, 15) is 0 Å². The lowest BCUT2D eigenvalue weighted by atomic mass is 9.73. The first kappa shape index (κ1) is 22.7. The predicted octanol–water partition coefficient (Wildman–Crippen LogP) is 7.43. The minimum absolute atomic E-state index is 0.238. The highest BCUT2D eigenvalue weighted by Gasteiger charge is 2.29. The number of anilines is 2. The molecule has 1 aliphatic rings. The van der Waals surface area contributed by atoms with Crippen LogP contribution < -0.4 is 9.80 Å². The van der Waals surface area contributed by atoms with E-state index in [4.69, 9.17) is 11.6 Å². The van der Waals surface area contributed by atoms with Gasteiger partial charge in [0.25, 0.3) is 0 Å². The molecule has 0 atom stereocenters. The smallest absolute Gasteiger partial charge is 0.0408 e. The Morgan fingerprint density at radius 2 is 1.16 bits per heavy atom. The van der Waals surface area contributed by atoms with Crippen molar-refractivity contribution in [2.24, 2.45) is 0 Å². The lowest BCUT2D eigenvalue weighted by Gasteiger charge is -2.33. The van der Waals surface area contributed by atoms with E-state index in [2.05, 4.69) is 92.9 Å². The molecule has 0 amide bonds. The van der Waals surface area contributed by atoms with E-state index < -0.39 is 0 Å². The van der Waals surface area contributed by atoms with Crippen LogP contribution in [-0.2, 0) is 6.42 Å². The molecule has 0 aromatic heterocycles. The van der Waals surface area contributed by atoms with Crippen molar-refractivity contribution >= 4 is 23.0 Å². The molecule has 0 spiro atoms. The van der Waals surface area contributed by atoms with E-state index in [1.54, 1.807) is 0 Å².